The molecule has 2 saturated carbocycles. The van der Waals surface area contributed by atoms with Gasteiger partial charge >= 0.3 is 0 Å². The normalized spacial score (nSPS) is 25.0. The van der Waals surface area contributed by atoms with E-state index in [1.807, 2.05) is 6.92 Å². The summed E-state index contributed by atoms with van der Waals surface area (Å²) in [6.45, 7) is 6.14. The van der Waals surface area contributed by atoms with E-state index in [4.69, 9.17) is 0 Å². The summed E-state index contributed by atoms with van der Waals surface area (Å²) in [4.78, 5) is 68.2. The first kappa shape index (κ1) is 28.6. The number of rotatable bonds is 13. The van der Waals surface area contributed by atoms with Crippen LogP contribution in [0, 0.1) is 5.92 Å². The maximum atomic E-state index is 13.5. The maximum Gasteiger partial charge on any atom is 0.289 e. The zero-order valence-corrected chi connectivity index (χ0v) is 23.2. The Balaban J connectivity index is 1.40. The van der Waals surface area contributed by atoms with Crippen molar-refractivity contribution in [3.8, 4) is 0 Å². The third-order valence-electron chi connectivity index (χ3n) is 8.35. The molecule has 2 saturated heterocycles. The minimum atomic E-state index is -0.914. The van der Waals surface area contributed by atoms with Crippen molar-refractivity contribution in [1.82, 2.24) is 25.2 Å². The van der Waals surface area contributed by atoms with E-state index in [2.05, 4.69) is 21.9 Å². The van der Waals surface area contributed by atoms with Crippen molar-refractivity contribution in [1.29, 1.82) is 0 Å². The summed E-state index contributed by atoms with van der Waals surface area (Å²) in [7, 11) is 0. The molecule has 0 bridgehead atoms. The van der Waals surface area contributed by atoms with Crippen molar-refractivity contribution < 1.29 is 24.0 Å². The Kier molecular flexibility index (Phi) is 9.51. The van der Waals surface area contributed by atoms with Crippen LogP contribution in [0.5, 0.6) is 0 Å². The molecule has 4 fully saturated rings. The Labute approximate surface area is 229 Å². The molecule has 3 atom stereocenters. The van der Waals surface area contributed by atoms with Gasteiger partial charge in [0.25, 0.3) is 5.91 Å². The number of hydrogen-bond acceptors (Lipinski definition) is 7. The van der Waals surface area contributed by atoms with Gasteiger partial charge < -0.3 is 20.4 Å². The molecule has 4 amide bonds. The first-order valence-electron chi connectivity index (χ1n) is 14.0. The number of hydrogen-bond donors (Lipinski definition) is 3. The Hall–Kier alpha value is -2.40. The zero-order chi connectivity index (χ0) is 27.3. The molecule has 10 nitrogen and oxygen atoms in total. The van der Waals surface area contributed by atoms with Crippen LogP contribution < -0.4 is 15.4 Å². The fourth-order valence-electron chi connectivity index (χ4n) is 6.14. The number of carbonyl (C=O) groups excluding carboxylic acids is 5. The Morgan fingerprint density at radius 2 is 1.87 bits per heavy atom. The average molecular weight is 548 g/mol. The molecule has 38 heavy (non-hydrogen) atoms. The monoisotopic (exact) mass is 547 g/mol. The highest BCUT2D eigenvalue weighted by molar-refractivity contribution is 7.97. The second-order valence-corrected chi connectivity index (χ2v) is 12.0. The number of β-lactam (4-membered cyclic amide) rings is 1. The van der Waals surface area contributed by atoms with Crippen LogP contribution in [0.25, 0.3) is 0 Å². The summed E-state index contributed by atoms with van der Waals surface area (Å²) in [6.07, 6.45) is 9.93. The second-order valence-electron chi connectivity index (χ2n) is 10.9. The predicted molar refractivity (Wildman–Crippen MR) is 145 cm³/mol. The molecule has 3 unspecified atom stereocenters. The fraction of sp³-hybridized carbons (Fsp3) is 0.741. The molecule has 11 heteroatoms. The van der Waals surface area contributed by atoms with E-state index in [1.165, 1.54) is 18.0 Å². The van der Waals surface area contributed by atoms with Crippen LogP contribution in [-0.2, 0) is 24.0 Å². The van der Waals surface area contributed by atoms with Crippen LogP contribution >= 0.6 is 11.9 Å². The summed E-state index contributed by atoms with van der Waals surface area (Å²) in [5.74, 6) is -0.949. The quantitative estimate of drug-likeness (QED) is 0.137. The molecule has 2 aliphatic heterocycles. The summed E-state index contributed by atoms with van der Waals surface area (Å²) in [5, 5.41) is 5.28. The minimum Gasteiger partial charge on any atom is -0.346 e. The van der Waals surface area contributed by atoms with Crippen molar-refractivity contribution >= 4 is 41.4 Å². The summed E-state index contributed by atoms with van der Waals surface area (Å²) >= 11 is 1.53. The van der Waals surface area contributed by atoms with Gasteiger partial charge in [0.15, 0.2) is 0 Å². The van der Waals surface area contributed by atoms with Crippen LogP contribution in [0.4, 0.5) is 0 Å². The molecular formula is C27H41N5O5S. The van der Waals surface area contributed by atoms with Gasteiger partial charge in [0, 0.05) is 18.8 Å². The lowest BCUT2D eigenvalue weighted by Gasteiger charge is -2.59. The highest BCUT2D eigenvalue weighted by Gasteiger charge is 2.60. The van der Waals surface area contributed by atoms with E-state index in [0.717, 1.165) is 50.7 Å². The van der Waals surface area contributed by atoms with Gasteiger partial charge in [-0.15, -0.1) is 6.58 Å². The number of ketones is 1. The van der Waals surface area contributed by atoms with Crippen molar-refractivity contribution in [3.63, 3.8) is 0 Å². The number of nitrogens with zero attached hydrogens (tertiary/aromatic N) is 2. The second kappa shape index (κ2) is 12.6. The Morgan fingerprint density at radius 1 is 1.13 bits per heavy atom. The standard InChI is InChI=1S/C27H41N5O5S/c1-3-14-28-25(36)22(34)19(16-18-10-11-18)29-24(35)20-9-8-15-31(20)21(33)17-32-26(37)23(30-38-4-2)27(32)12-6-5-7-13-27/h3,18-20,23,30H,1,4-17H2,2H3,(H,28,36)(H,29,35). The van der Waals surface area contributed by atoms with Crippen LogP contribution in [-0.4, -0.2) is 88.3 Å². The molecule has 0 aromatic heterocycles. The number of likely N-dealkylation sites (tertiary alicyclic amines) is 2. The van der Waals surface area contributed by atoms with Gasteiger partial charge in [0.1, 0.15) is 18.6 Å². The Morgan fingerprint density at radius 3 is 2.53 bits per heavy atom. The lowest BCUT2D eigenvalue weighted by Crippen LogP contribution is -2.79. The highest BCUT2D eigenvalue weighted by Crippen LogP contribution is 2.45. The van der Waals surface area contributed by atoms with Crippen molar-refractivity contribution in [2.24, 2.45) is 5.92 Å². The van der Waals surface area contributed by atoms with E-state index in [9.17, 15) is 24.0 Å². The minimum absolute atomic E-state index is 0.0357. The molecule has 3 N–H and O–H groups in total. The molecule has 210 valence electrons. The lowest BCUT2D eigenvalue weighted by atomic mass is 9.69. The number of amides is 4. The van der Waals surface area contributed by atoms with Gasteiger partial charge in [0.05, 0.1) is 11.6 Å². The van der Waals surface area contributed by atoms with Gasteiger partial charge in [-0.05, 0) is 38.0 Å². The summed E-state index contributed by atoms with van der Waals surface area (Å²) < 4.78 is 3.32. The molecule has 1 spiro atoms. The smallest absolute Gasteiger partial charge is 0.289 e. The zero-order valence-electron chi connectivity index (χ0n) is 22.3. The largest absolute Gasteiger partial charge is 0.346 e. The van der Waals surface area contributed by atoms with Crippen LogP contribution in [0.3, 0.4) is 0 Å². The molecule has 0 aromatic carbocycles. The first-order chi connectivity index (χ1) is 18.3. The van der Waals surface area contributed by atoms with Gasteiger partial charge in [-0.3, -0.25) is 24.0 Å². The number of carbonyl (C=O) groups is 5. The fourth-order valence-corrected chi connectivity index (χ4v) is 6.79. The Bertz CT molecular complexity index is 948. The molecule has 4 aliphatic rings. The summed E-state index contributed by atoms with van der Waals surface area (Å²) in [6, 6.07) is -1.90. The van der Waals surface area contributed by atoms with Gasteiger partial charge in [-0.1, -0.05) is 57.1 Å². The van der Waals surface area contributed by atoms with E-state index < -0.39 is 29.7 Å². The molecule has 2 aliphatic carbocycles. The third-order valence-corrected chi connectivity index (χ3v) is 9.04. The molecule has 4 rings (SSSR count). The lowest BCUT2D eigenvalue weighted by molar-refractivity contribution is -0.171. The van der Waals surface area contributed by atoms with E-state index in [1.54, 1.807) is 9.80 Å². The van der Waals surface area contributed by atoms with Crippen molar-refractivity contribution in [2.75, 3.05) is 25.4 Å². The van der Waals surface area contributed by atoms with Crippen molar-refractivity contribution in [2.45, 2.75) is 94.8 Å². The van der Waals surface area contributed by atoms with E-state index in [-0.39, 0.29) is 36.5 Å². The molecule has 0 aromatic rings. The molecular weight excluding hydrogens is 506 g/mol. The van der Waals surface area contributed by atoms with Gasteiger partial charge in [-0.25, -0.2) is 4.72 Å². The van der Waals surface area contributed by atoms with Gasteiger partial charge in [-0.2, -0.15) is 0 Å². The third kappa shape index (κ3) is 6.09. The molecule has 0 radical (unpaired) electrons. The van der Waals surface area contributed by atoms with E-state index in [0.29, 0.717) is 31.7 Å². The van der Waals surface area contributed by atoms with Crippen molar-refractivity contribution in [3.05, 3.63) is 12.7 Å². The SMILES string of the molecule is C=CCNC(=O)C(=O)C(CC1CC1)NC(=O)C1CCCN1C(=O)CN1C(=O)C(NSCC)C12CCCCC2. The van der Waals surface area contributed by atoms with Crippen LogP contribution in [0.15, 0.2) is 12.7 Å². The predicted octanol–water partition coefficient (Wildman–Crippen LogP) is 1.31. The number of Topliss-reactive ketones (excluding diaryl/α,β-unsaturated/α-hetero) is 1. The van der Waals surface area contributed by atoms with Crippen LogP contribution in [0.1, 0.15) is 71.1 Å². The van der Waals surface area contributed by atoms with E-state index >= 15 is 0 Å². The number of nitrogens with one attached hydrogen (secondary N) is 3. The topological polar surface area (TPSA) is 128 Å². The summed E-state index contributed by atoms with van der Waals surface area (Å²) in [5.41, 5.74) is -0.342. The maximum absolute atomic E-state index is 13.5. The van der Waals surface area contributed by atoms with Gasteiger partial charge in [0.2, 0.25) is 23.5 Å². The average Bonchev–Trinajstić information content (AvgIpc) is 3.60. The highest BCUT2D eigenvalue weighted by atomic mass is 32.2. The van der Waals surface area contributed by atoms with Crippen LogP contribution in [0.2, 0.25) is 0 Å². The molecule has 2 heterocycles. The first-order valence-corrected chi connectivity index (χ1v) is 15.0.